The normalized spacial score (nSPS) is 18.7. The first-order valence-electron chi connectivity index (χ1n) is 6.03. The SMILES string of the molecule is O[C@H](c1cccc(F)c1F)C1CN(CCCF)C1. The Morgan fingerprint density at radius 1 is 1.33 bits per heavy atom. The molecule has 1 aromatic rings. The van der Waals surface area contributed by atoms with Crippen LogP contribution in [0.25, 0.3) is 0 Å². The number of halogens is 3. The van der Waals surface area contributed by atoms with Crippen LogP contribution < -0.4 is 0 Å². The topological polar surface area (TPSA) is 23.5 Å². The van der Waals surface area contributed by atoms with E-state index in [2.05, 4.69) is 0 Å². The monoisotopic (exact) mass is 259 g/mol. The number of benzene rings is 1. The highest BCUT2D eigenvalue weighted by atomic mass is 19.2. The first-order chi connectivity index (χ1) is 8.63. The van der Waals surface area contributed by atoms with Gasteiger partial charge in [0, 0.05) is 31.1 Å². The molecular formula is C13H16F3NO. The number of aliphatic hydroxyl groups is 1. The maximum absolute atomic E-state index is 13.5. The van der Waals surface area contributed by atoms with Crippen LogP contribution >= 0.6 is 0 Å². The van der Waals surface area contributed by atoms with Crippen LogP contribution in [0.2, 0.25) is 0 Å². The molecule has 1 N–H and O–H groups in total. The number of rotatable bonds is 5. The third-order valence-electron chi connectivity index (χ3n) is 3.34. The Hall–Kier alpha value is -1.07. The van der Waals surface area contributed by atoms with E-state index >= 15 is 0 Å². The third kappa shape index (κ3) is 2.67. The van der Waals surface area contributed by atoms with Gasteiger partial charge in [0.05, 0.1) is 12.8 Å². The van der Waals surface area contributed by atoms with Crippen molar-refractivity contribution in [1.29, 1.82) is 0 Å². The molecule has 0 aliphatic carbocycles. The van der Waals surface area contributed by atoms with Crippen molar-refractivity contribution in [2.24, 2.45) is 5.92 Å². The number of aliphatic hydroxyl groups excluding tert-OH is 1. The van der Waals surface area contributed by atoms with Crippen LogP contribution in [-0.4, -0.2) is 36.3 Å². The first kappa shape index (κ1) is 13.4. The fourth-order valence-electron chi connectivity index (χ4n) is 2.28. The number of hydrogen-bond donors (Lipinski definition) is 1. The van der Waals surface area contributed by atoms with Gasteiger partial charge in [-0.15, -0.1) is 0 Å². The van der Waals surface area contributed by atoms with Gasteiger partial charge in [0.1, 0.15) is 0 Å². The molecule has 2 rings (SSSR count). The maximum Gasteiger partial charge on any atom is 0.164 e. The molecule has 0 radical (unpaired) electrons. The van der Waals surface area contributed by atoms with E-state index in [1.54, 1.807) is 0 Å². The average molecular weight is 259 g/mol. The summed E-state index contributed by atoms with van der Waals surface area (Å²) in [6, 6.07) is 3.81. The Morgan fingerprint density at radius 2 is 2.06 bits per heavy atom. The maximum atomic E-state index is 13.5. The van der Waals surface area contributed by atoms with Gasteiger partial charge in [-0.05, 0) is 12.5 Å². The van der Waals surface area contributed by atoms with E-state index in [9.17, 15) is 18.3 Å². The van der Waals surface area contributed by atoms with Crippen molar-refractivity contribution in [3.63, 3.8) is 0 Å². The van der Waals surface area contributed by atoms with Gasteiger partial charge in [-0.3, -0.25) is 4.39 Å². The minimum absolute atomic E-state index is 0.00476. The lowest BCUT2D eigenvalue weighted by Gasteiger charge is -2.41. The molecule has 5 heteroatoms. The third-order valence-corrected chi connectivity index (χ3v) is 3.34. The highest BCUT2D eigenvalue weighted by Crippen LogP contribution is 2.31. The quantitative estimate of drug-likeness (QED) is 0.877. The Bertz CT molecular complexity index is 407. The molecule has 1 fully saturated rings. The molecule has 0 bridgehead atoms. The van der Waals surface area contributed by atoms with E-state index in [0.717, 1.165) is 6.07 Å². The van der Waals surface area contributed by atoms with Crippen molar-refractivity contribution in [3.05, 3.63) is 35.4 Å². The molecule has 18 heavy (non-hydrogen) atoms. The predicted molar refractivity (Wildman–Crippen MR) is 61.8 cm³/mol. The number of nitrogens with zero attached hydrogens (tertiary/aromatic N) is 1. The molecule has 1 aliphatic rings. The lowest BCUT2D eigenvalue weighted by Crippen LogP contribution is -2.49. The van der Waals surface area contributed by atoms with Crippen molar-refractivity contribution in [2.75, 3.05) is 26.3 Å². The van der Waals surface area contributed by atoms with Gasteiger partial charge in [-0.25, -0.2) is 8.78 Å². The summed E-state index contributed by atoms with van der Waals surface area (Å²) in [6.07, 6.45) is -0.528. The molecule has 0 saturated carbocycles. The summed E-state index contributed by atoms with van der Waals surface area (Å²) in [7, 11) is 0. The summed E-state index contributed by atoms with van der Waals surface area (Å²) in [5.41, 5.74) is 0.00476. The lowest BCUT2D eigenvalue weighted by molar-refractivity contribution is -0.00795. The Morgan fingerprint density at radius 3 is 2.72 bits per heavy atom. The van der Waals surface area contributed by atoms with Crippen LogP contribution in [0.1, 0.15) is 18.1 Å². The molecule has 1 aliphatic heterocycles. The predicted octanol–water partition coefficient (Wildman–Crippen LogP) is 2.29. The summed E-state index contributed by atoms with van der Waals surface area (Å²) in [6.45, 7) is 1.47. The number of alkyl halides is 1. The summed E-state index contributed by atoms with van der Waals surface area (Å²) < 4.78 is 38.5. The van der Waals surface area contributed by atoms with Crippen LogP contribution in [0.5, 0.6) is 0 Å². The van der Waals surface area contributed by atoms with Crippen molar-refractivity contribution >= 4 is 0 Å². The minimum atomic E-state index is -0.998. The van der Waals surface area contributed by atoms with Gasteiger partial charge < -0.3 is 10.0 Å². The molecule has 1 aromatic carbocycles. The zero-order valence-corrected chi connectivity index (χ0v) is 9.95. The highest BCUT2D eigenvalue weighted by molar-refractivity contribution is 5.22. The Balaban J connectivity index is 1.93. The van der Waals surface area contributed by atoms with Crippen LogP contribution in [0.15, 0.2) is 18.2 Å². The summed E-state index contributed by atoms with van der Waals surface area (Å²) in [4.78, 5) is 1.99. The summed E-state index contributed by atoms with van der Waals surface area (Å²) in [5, 5.41) is 9.98. The second-order valence-electron chi connectivity index (χ2n) is 4.65. The highest BCUT2D eigenvalue weighted by Gasteiger charge is 2.34. The average Bonchev–Trinajstić information content (AvgIpc) is 2.30. The van der Waals surface area contributed by atoms with Crippen LogP contribution in [0.4, 0.5) is 13.2 Å². The van der Waals surface area contributed by atoms with Crippen molar-refractivity contribution in [2.45, 2.75) is 12.5 Å². The molecule has 0 spiro atoms. The number of hydrogen-bond acceptors (Lipinski definition) is 2. The molecule has 1 saturated heterocycles. The fraction of sp³-hybridized carbons (Fsp3) is 0.538. The lowest BCUT2D eigenvalue weighted by atomic mass is 9.88. The minimum Gasteiger partial charge on any atom is -0.388 e. The second-order valence-corrected chi connectivity index (χ2v) is 4.65. The molecule has 0 unspecified atom stereocenters. The second kappa shape index (κ2) is 5.71. The smallest absolute Gasteiger partial charge is 0.164 e. The Kier molecular flexibility index (Phi) is 4.24. The molecule has 100 valence electrons. The molecule has 1 atom stereocenters. The van der Waals surface area contributed by atoms with Crippen molar-refractivity contribution < 1.29 is 18.3 Å². The number of likely N-dealkylation sites (tertiary alicyclic amines) is 1. The molecule has 0 amide bonds. The van der Waals surface area contributed by atoms with E-state index in [4.69, 9.17) is 0 Å². The largest absolute Gasteiger partial charge is 0.388 e. The van der Waals surface area contributed by atoms with Crippen molar-refractivity contribution in [1.82, 2.24) is 4.90 Å². The van der Waals surface area contributed by atoms with Gasteiger partial charge in [0.15, 0.2) is 11.6 Å². The van der Waals surface area contributed by atoms with E-state index in [0.29, 0.717) is 26.1 Å². The summed E-state index contributed by atoms with van der Waals surface area (Å²) in [5.74, 6) is -2.03. The van der Waals surface area contributed by atoms with Crippen LogP contribution in [0, 0.1) is 17.6 Å². The molecule has 1 heterocycles. The van der Waals surface area contributed by atoms with Gasteiger partial charge in [0.25, 0.3) is 0 Å². The standard InChI is InChI=1S/C13H16F3NO/c14-5-2-6-17-7-9(8-17)13(18)10-3-1-4-11(15)12(10)16/h1,3-4,9,13,18H,2,5-8H2/t13-/m0/s1. The van der Waals surface area contributed by atoms with E-state index < -0.39 is 17.7 Å². The van der Waals surface area contributed by atoms with Gasteiger partial charge in [-0.1, -0.05) is 12.1 Å². The van der Waals surface area contributed by atoms with E-state index in [1.807, 2.05) is 4.90 Å². The molecule has 0 aromatic heterocycles. The van der Waals surface area contributed by atoms with Gasteiger partial charge in [-0.2, -0.15) is 0 Å². The van der Waals surface area contributed by atoms with E-state index in [1.165, 1.54) is 12.1 Å². The van der Waals surface area contributed by atoms with Crippen LogP contribution in [-0.2, 0) is 0 Å². The van der Waals surface area contributed by atoms with Crippen molar-refractivity contribution in [3.8, 4) is 0 Å². The van der Waals surface area contributed by atoms with E-state index in [-0.39, 0.29) is 18.2 Å². The summed E-state index contributed by atoms with van der Waals surface area (Å²) >= 11 is 0. The Labute approximate surface area is 104 Å². The molecule has 2 nitrogen and oxygen atoms in total. The van der Waals surface area contributed by atoms with Gasteiger partial charge in [0.2, 0.25) is 0 Å². The fourth-order valence-corrected chi connectivity index (χ4v) is 2.28. The van der Waals surface area contributed by atoms with Crippen LogP contribution in [0.3, 0.4) is 0 Å². The van der Waals surface area contributed by atoms with Gasteiger partial charge >= 0.3 is 0 Å². The zero-order valence-electron chi connectivity index (χ0n) is 9.95. The molecular weight excluding hydrogens is 243 g/mol. The first-order valence-corrected chi connectivity index (χ1v) is 6.03. The zero-order chi connectivity index (χ0) is 13.1.